The second-order valence-corrected chi connectivity index (χ2v) is 5.63. The van der Waals surface area contributed by atoms with Crippen molar-refractivity contribution in [1.82, 2.24) is 5.32 Å². The molecule has 2 N–H and O–H groups in total. The summed E-state index contributed by atoms with van der Waals surface area (Å²) >= 11 is 0. The van der Waals surface area contributed by atoms with Crippen LogP contribution in [0.15, 0.2) is 24.3 Å². The van der Waals surface area contributed by atoms with Crippen LogP contribution in [0.5, 0.6) is 0 Å². The van der Waals surface area contributed by atoms with E-state index in [0.29, 0.717) is 5.56 Å². The molecule has 0 bridgehead atoms. The molecule has 114 valence electrons. The summed E-state index contributed by atoms with van der Waals surface area (Å²) in [4.78, 5) is 11.7. The standard InChI is InChI=1S/C14H16F3N3O/c1-13(2,3)11(14(15,16)17)20-12(21)19-10-6-4-5-9(7-10)8-18/h4-7,11H,1-3H3,(H2,19,20,21). The SMILES string of the molecule is CC(C)(C)C(NC(=O)Nc1cccc(C#N)c1)C(F)(F)F. The number of hydrogen-bond acceptors (Lipinski definition) is 2. The lowest BCUT2D eigenvalue weighted by molar-refractivity contribution is -0.174. The summed E-state index contributed by atoms with van der Waals surface area (Å²) in [6.45, 7) is 4.17. The Hall–Kier alpha value is -2.23. The largest absolute Gasteiger partial charge is 0.409 e. The van der Waals surface area contributed by atoms with Gasteiger partial charge in [-0.3, -0.25) is 0 Å². The van der Waals surface area contributed by atoms with E-state index in [9.17, 15) is 18.0 Å². The predicted octanol–water partition coefficient (Wildman–Crippen LogP) is 3.66. The first kappa shape index (κ1) is 16.8. The summed E-state index contributed by atoms with van der Waals surface area (Å²) in [5, 5.41) is 12.9. The molecule has 1 atom stereocenters. The van der Waals surface area contributed by atoms with Crippen LogP contribution < -0.4 is 10.6 Å². The van der Waals surface area contributed by atoms with Gasteiger partial charge in [0.05, 0.1) is 11.6 Å². The average Bonchev–Trinajstić information content (AvgIpc) is 2.33. The molecule has 2 amide bonds. The van der Waals surface area contributed by atoms with Gasteiger partial charge in [-0.25, -0.2) is 4.79 Å². The van der Waals surface area contributed by atoms with Gasteiger partial charge < -0.3 is 10.6 Å². The zero-order chi connectivity index (χ0) is 16.3. The number of urea groups is 1. The molecule has 0 saturated carbocycles. The number of hydrogen-bond donors (Lipinski definition) is 2. The molecule has 1 aromatic rings. The molecule has 0 aliphatic carbocycles. The molecule has 0 aromatic heterocycles. The van der Waals surface area contributed by atoms with Crippen LogP contribution in [0.2, 0.25) is 0 Å². The van der Waals surface area contributed by atoms with Gasteiger partial charge in [-0.2, -0.15) is 18.4 Å². The van der Waals surface area contributed by atoms with E-state index in [1.165, 1.54) is 45.0 Å². The molecule has 21 heavy (non-hydrogen) atoms. The topological polar surface area (TPSA) is 64.9 Å². The van der Waals surface area contributed by atoms with Gasteiger partial charge in [-0.05, 0) is 23.6 Å². The van der Waals surface area contributed by atoms with Crippen LogP contribution in [0.4, 0.5) is 23.7 Å². The molecule has 0 aliphatic rings. The van der Waals surface area contributed by atoms with Crippen LogP contribution in [0.3, 0.4) is 0 Å². The molecular weight excluding hydrogens is 283 g/mol. The Labute approximate surface area is 121 Å². The van der Waals surface area contributed by atoms with E-state index in [1.807, 2.05) is 11.4 Å². The van der Waals surface area contributed by atoms with Gasteiger partial charge in [-0.1, -0.05) is 26.8 Å². The van der Waals surface area contributed by atoms with Crippen LogP contribution in [-0.4, -0.2) is 18.2 Å². The lowest BCUT2D eigenvalue weighted by Gasteiger charge is -2.32. The van der Waals surface area contributed by atoms with Crippen molar-refractivity contribution in [2.45, 2.75) is 33.0 Å². The monoisotopic (exact) mass is 299 g/mol. The van der Waals surface area contributed by atoms with Gasteiger partial charge >= 0.3 is 12.2 Å². The molecule has 4 nitrogen and oxygen atoms in total. The van der Waals surface area contributed by atoms with E-state index in [2.05, 4.69) is 5.32 Å². The number of nitrogens with one attached hydrogen (secondary N) is 2. The molecule has 0 saturated heterocycles. The number of rotatable bonds is 2. The molecular formula is C14H16F3N3O. The van der Waals surface area contributed by atoms with Crippen molar-refractivity contribution in [3.8, 4) is 6.07 Å². The van der Waals surface area contributed by atoms with Gasteiger partial charge in [0.2, 0.25) is 0 Å². The maximum absolute atomic E-state index is 12.9. The number of nitrogens with zero attached hydrogens (tertiary/aromatic N) is 1. The number of anilines is 1. The van der Waals surface area contributed by atoms with Gasteiger partial charge in [-0.15, -0.1) is 0 Å². The summed E-state index contributed by atoms with van der Waals surface area (Å²) in [6.07, 6.45) is -4.55. The number of nitriles is 1. The first-order valence-corrected chi connectivity index (χ1v) is 6.18. The van der Waals surface area contributed by atoms with Gasteiger partial charge in [0.15, 0.2) is 0 Å². The normalized spacial score (nSPS) is 13.2. The van der Waals surface area contributed by atoms with Crippen molar-refractivity contribution in [2.24, 2.45) is 5.41 Å². The zero-order valence-electron chi connectivity index (χ0n) is 11.9. The maximum Gasteiger partial charge on any atom is 0.409 e. The minimum atomic E-state index is -4.55. The van der Waals surface area contributed by atoms with Crippen LogP contribution in [-0.2, 0) is 0 Å². The minimum Gasteiger partial charge on any atom is -0.325 e. The molecule has 0 fully saturated rings. The number of carbonyl (C=O) groups excluding carboxylic acids is 1. The van der Waals surface area contributed by atoms with Gasteiger partial charge in [0.1, 0.15) is 6.04 Å². The Balaban J connectivity index is 2.82. The van der Waals surface area contributed by atoms with E-state index in [0.717, 1.165) is 0 Å². The number of halogens is 3. The summed E-state index contributed by atoms with van der Waals surface area (Å²) in [6, 6.07) is 4.84. The predicted molar refractivity (Wildman–Crippen MR) is 72.6 cm³/mol. The Bertz CT molecular complexity index is 542. The first-order chi connectivity index (χ1) is 9.54. The summed E-state index contributed by atoms with van der Waals surface area (Å²) < 4.78 is 38.8. The summed E-state index contributed by atoms with van der Waals surface area (Å²) in [5.74, 6) is 0. The Morgan fingerprint density at radius 3 is 2.38 bits per heavy atom. The highest BCUT2D eigenvalue weighted by molar-refractivity contribution is 5.89. The van der Waals surface area contributed by atoms with Crippen molar-refractivity contribution in [2.75, 3.05) is 5.32 Å². The second-order valence-electron chi connectivity index (χ2n) is 5.63. The van der Waals surface area contributed by atoms with E-state index in [1.54, 1.807) is 0 Å². The number of alkyl halides is 3. The third kappa shape index (κ3) is 4.99. The fourth-order valence-electron chi connectivity index (χ4n) is 1.75. The van der Waals surface area contributed by atoms with Crippen LogP contribution >= 0.6 is 0 Å². The zero-order valence-corrected chi connectivity index (χ0v) is 11.9. The van der Waals surface area contributed by atoms with Crippen LogP contribution in [0.25, 0.3) is 0 Å². The molecule has 1 aromatic carbocycles. The molecule has 1 rings (SSSR count). The lowest BCUT2D eigenvalue weighted by atomic mass is 9.86. The van der Waals surface area contributed by atoms with Gasteiger partial charge in [0.25, 0.3) is 0 Å². The number of benzene rings is 1. The first-order valence-electron chi connectivity index (χ1n) is 6.18. The van der Waals surface area contributed by atoms with Crippen LogP contribution in [0.1, 0.15) is 26.3 Å². The summed E-state index contributed by atoms with van der Waals surface area (Å²) in [7, 11) is 0. The second kappa shape index (κ2) is 6.04. The fraction of sp³-hybridized carbons (Fsp3) is 0.429. The minimum absolute atomic E-state index is 0.251. The van der Waals surface area contributed by atoms with E-state index in [-0.39, 0.29) is 5.69 Å². The molecule has 0 aliphatic heterocycles. The van der Waals surface area contributed by atoms with E-state index < -0.39 is 23.7 Å². The van der Waals surface area contributed by atoms with Crippen molar-refractivity contribution >= 4 is 11.7 Å². The van der Waals surface area contributed by atoms with Crippen molar-refractivity contribution in [1.29, 1.82) is 5.26 Å². The summed E-state index contributed by atoms with van der Waals surface area (Å²) in [5.41, 5.74) is -0.623. The fourth-order valence-corrected chi connectivity index (χ4v) is 1.75. The molecule has 0 heterocycles. The highest BCUT2D eigenvalue weighted by Crippen LogP contribution is 2.33. The highest BCUT2D eigenvalue weighted by Gasteiger charge is 2.47. The third-order valence-electron chi connectivity index (χ3n) is 2.72. The Kier molecular flexibility index (Phi) is 4.84. The highest BCUT2D eigenvalue weighted by atomic mass is 19.4. The number of carbonyl (C=O) groups is 1. The van der Waals surface area contributed by atoms with Crippen molar-refractivity contribution in [3.63, 3.8) is 0 Å². The average molecular weight is 299 g/mol. The van der Waals surface area contributed by atoms with Gasteiger partial charge in [0, 0.05) is 5.69 Å². The molecule has 7 heteroatoms. The molecule has 0 radical (unpaired) electrons. The van der Waals surface area contributed by atoms with Crippen molar-refractivity contribution in [3.05, 3.63) is 29.8 Å². The quantitative estimate of drug-likeness (QED) is 0.875. The Morgan fingerprint density at radius 2 is 1.90 bits per heavy atom. The molecule has 1 unspecified atom stereocenters. The maximum atomic E-state index is 12.9. The smallest absolute Gasteiger partial charge is 0.325 e. The van der Waals surface area contributed by atoms with E-state index in [4.69, 9.17) is 5.26 Å². The number of amides is 2. The van der Waals surface area contributed by atoms with E-state index >= 15 is 0 Å². The lowest BCUT2D eigenvalue weighted by Crippen LogP contribution is -2.54. The third-order valence-corrected chi connectivity index (χ3v) is 2.72. The van der Waals surface area contributed by atoms with Crippen molar-refractivity contribution < 1.29 is 18.0 Å². The Morgan fingerprint density at radius 1 is 1.29 bits per heavy atom. The molecule has 0 spiro atoms. The van der Waals surface area contributed by atoms with Crippen LogP contribution in [0, 0.1) is 16.7 Å².